The standard InChI is InChI=1S/C13H18O3/c1-10-3-2-4-12(7-10)16-9-13(14)11-5-6-15-8-11/h2-4,7,11,13-14H,5-6,8-9H2,1H3. The number of aliphatic hydroxyl groups is 1. The van der Waals surface area contributed by atoms with E-state index in [0.29, 0.717) is 13.2 Å². The van der Waals surface area contributed by atoms with Gasteiger partial charge in [-0.25, -0.2) is 0 Å². The molecule has 3 nitrogen and oxygen atoms in total. The second-order valence-corrected chi connectivity index (χ2v) is 4.32. The molecule has 1 N–H and O–H groups in total. The van der Waals surface area contributed by atoms with Crippen molar-refractivity contribution in [3.8, 4) is 5.75 Å². The summed E-state index contributed by atoms with van der Waals surface area (Å²) in [6, 6.07) is 7.85. The first-order valence-electron chi connectivity index (χ1n) is 5.71. The minimum Gasteiger partial charge on any atom is -0.491 e. The Morgan fingerprint density at radius 2 is 2.44 bits per heavy atom. The van der Waals surface area contributed by atoms with E-state index >= 15 is 0 Å². The molecule has 2 atom stereocenters. The van der Waals surface area contributed by atoms with Crippen molar-refractivity contribution in [3.05, 3.63) is 29.8 Å². The smallest absolute Gasteiger partial charge is 0.119 e. The first kappa shape index (κ1) is 11.4. The minimum atomic E-state index is -0.428. The van der Waals surface area contributed by atoms with Gasteiger partial charge in [-0.3, -0.25) is 0 Å². The zero-order valence-corrected chi connectivity index (χ0v) is 9.56. The van der Waals surface area contributed by atoms with E-state index in [0.717, 1.165) is 24.3 Å². The molecule has 1 aromatic carbocycles. The molecule has 2 unspecified atom stereocenters. The minimum absolute atomic E-state index is 0.227. The van der Waals surface area contributed by atoms with Gasteiger partial charge in [0.15, 0.2) is 0 Å². The molecule has 1 aliphatic rings. The normalized spacial score (nSPS) is 22.0. The maximum Gasteiger partial charge on any atom is 0.119 e. The number of ether oxygens (including phenoxy) is 2. The molecule has 0 radical (unpaired) electrons. The molecule has 1 fully saturated rings. The molecule has 3 heteroatoms. The van der Waals surface area contributed by atoms with Crippen LogP contribution in [-0.4, -0.2) is 31.0 Å². The highest BCUT2D eigenvalue weighted by Gasteiger charge is 2.24. The van der Waals surface area contributed by atoms with Crippen LogP contribution >= 0.6 is 0 Å². The van der Waals surface area contributed by atoms with Gasteiger partial charge >= 0.3 is 0 Å². The first-order valence-corrected chi connectivity index (χ1v) is 5.71. The molecule has 0 spiro atoms. The number of rotatable bonds is 4. The van der Waals surface area contributed by atoms with E-state index in [1.807, 2.05) is 31.2 Å². The highest BCUT2D eigenvalue weighted by atomic mass is 16.5. The van der Waals surface area contributed by atoms with Crippen LogP contribution in [0.3, 0.4) is 0 Å². The van der Waals surface area contributed by atoms with E-state index in [2.05, 4.69) is 0 Å². The molecular weight excluding hydrogens is 204 g/mol. The van der Waals surface area contributed by atoms with Gasteiger partial charge in [0.2, 0.25) is 0 Å². The molecule has 0 bridgehead atoms. The summed E-state index contributed by atoms with van der Waals surface area (Å²) in [5, 5.41) is 9.87. The average Bonchev–Trinajstić information content (AvgIpc) is 2.79. The van der Waals surface area contributed by atoms with Crippen LogP contribution in [0, 0.1) is 12.8 Å². The molecule has 1 aliphatic heterocycles. The van der Waals surface area contributed by atoms with Gasteiger partial charge in [0.25, 0.3) is 0 Å². The summed E-state index contributed by atoms with van der Waals surface area (Å²) in [5.74, 6) is 1.04. The van der Waals surface area contributed by atoms with Crippen molar-refractivity contribution in [2.24, 2.45) is 5.92 Å². The topological polar surface area (TPSA) is 38.7 Å². The predicted molar refractivity (Wildman–Crippen MR) is 61.6 cm³/mol. The average molecular weight is 222 g/mol. The lowest BCUT2D eigenvalue weighted by Gasteiger charge is -2.17. The summed E-state index contributed by atoms with van der Waals surface area (Å²) < 4.78 is 10.8. The van der Waals surface area contributed by atoms with Gasteiger partial charge in [0.1, 0.15) is 12.4 Å². The molecule has 1 aromatic rings. The van der Waals surface area contributed by atoms with Crippen LogP contribution in [0.4, 0.5) is 0 Å². The summed E-state index contributed by atoms with van der Waals surface area (Å²) >= 11 is 0. The fourth-order valence-electron chi connectivity index (χ4n) is 1.88. The van der Waals surface area contributed by atoms with Crippen molar-refractivity contribution in [2.45, 2.75) is 19.4 Å². The number of hydrogen-bond donors (Lipinski definition) is 1. The Labute approximate surface area is 96.0 Å². The van der Waals surface area contributed by atoms with Gasteiger partial charge in [-0.15, -0.1) is 0 Å². The summed E-state index contributed by atoms with van der Waals surface area (Å²) in [6.45, 7) is 3.77. The quantitative estimate of drug-likeness (QED) is 0.843. The van der Waals surface area contributed by atoms with Crippen molar-refractivity contribution in [1.82, 2.24) is 0 Å². The van der Waals surface area contributed by atoms with Crippen LogP contribution in [0.15, 0.2) is 24.3 Å². The molecule has 88 valence electrons. The second kappa shape index (κ2) is 5.32. The van der Waals surface area contributed by atoms with E-state index in [1.54, 1.807) is 0 Å². The largest absolute Gasteiger partial charge is 0.491 e. The lowest BCUT2D eigenvalue weighted by molar-refractivity contribution is 0.0499. The highest BCUT2D eigenvalue weighted by Crippen LogP contribution is 2.18. The molecule has 1 saturated heterocycles. The fourth-order valence-corrected chi connectivity index (χ4v) is 1.88. The summed E-state index contributed by atoms with van der Waals surface area (Å²) in [5.41, 5.74) is 1.16. The first-order chi connectivity index (χ1) is 7.75. The van der Waals surface area contributed by atoms with Crippen molar-refractivity contribution in [1.29, 1.82) is 0 Å². The third-order valence-corrected chi connectivity index (χ3v) is 2.92. The molecule has 2 rings (SSSR count). The Bertz CT molecular complexity index is 332. The Morgan fingerprint density at radius 3 is 3.12 bits per heavy atom. The van der Waals surface area contributed by atoms with Crippen molar-refractivity contribution >= 4 is 0 Å². The van der Waals surface area contributed by atoms with E-state index in [-0.39, 0.29) is 5.92 Å². The fraction of sp³-hybridized carbons (Fsp3) is 0.538. The molecule has 0 amide bonds. The Hall–Kier alpha value is -1.06. The Balaban J connectivity index is 1.82. The second-order valence-electron chi connectivity index (χ2n) is 4.32. The Kier molecular flexibility index (Phi) is 3.80. The third-order valence-electron chi connectivity index (χ3n) is 2.92. The summed E-state index contributed by atoms with van der Waals surface area (Å²) in [7, 11) is 0. The Morgan fingerprint density at radius 1 is 1.56 bits per heavy atom. The number of hydrogen-bond acceptors (Lipinski definition) is 3. The lowest BCUT2D eigenvalue weighted by Crippen LogP contribution is -2.27. The van der Waals surface area contributed by atoms with Gasteiger partial charge in [-0.05, 0) is 31.0 Å². The molecule has 0 aromatic heterocycles. The molecular formula is C13H18O3. The van der Waals surface area contributed by atoms with Crippen LogP contribution in [0.5, 0.6) is 5.75 Å². The van der Waals surface area contributed by atoms with E-state index in [9.17, 15) is 5.11 Å². The van der Waals surface area contributed by atoms with Crippen LogP contribution < -0.4 is 4.74 Å². The van der Waals surface area contributed by atoms with E-state index < -0.39 is 6.10 Å². The van der Waals surface area contributed by atoms with Crippen LogP contribution in [0.1, 0.15) is 12.0 Å². The van der Waals surface area contributed by atoms with Crippen molar-refractivity contribution < 1.29 is 14.6 Å². The SMILES string of the molecule is Cc1cccc(OCC(O)C2CCOC2)c1. The van der Waals surface area contributed by atoms with Crippen molar-refractivity contribution in [3.63, 3.8) is 0 Å². The molecule has 0 aliphatic carbocycles. The van der Waals surface area contributed by atoms with Crippen molar-refractivity contribution in [2.75, 3.05) is 19.8 Å². The number of benzene rings is 1. The lowest BCUT2D eigenvalue weighted by atomic mass is 10.0. The maximum atomic E-state index is 9.87. The zero-order chi connectivity index (χ0) is 11.4. The molecule has 1 heterocycles. The van der Waals surface area contributed by atoms with Gasteiger partial charge in [-0.1, -0.05) is 12.1 Å². The van der Waals surface area contributed by atoms with Gasteiger partial charge in [-0.2, -0.15) is 0 Å². The van der Waals surface area contributed by atoms with E-state index in [1.165, 1.54) is 0 Å². The van der Waals surface area contributed by atoms with E-state index in [4.69, 9.17) is 9.47 Å². The summed E-state index contributed by atoms with van der Waals surface area (Å²) in [4.78, 5) is 0. The summed E-state index contributed by atoms with van der Waals surface area (Å²) in [6.07, 6.45) is 0.501. The van der Waals surface area contributed by atoms with Gasteiger partial charge in [0, 0.05) is 12.5 Å². The highest BCUT2D eigenvalue weighted by molar-refractivity contribution is 5.27. The van der Waals surface area contributed by atoms with Crippen LogP contribution in [0.2, 0.25) is 0 Å². The number of aliphatic hydroxyl groups excluding tert-OH is 1. The maximum absolute atomic E-state index is 9.87. The van der Waals surface area contributed by atoms with Gasteiger partial charge in [0.05, 0.1) is 12.7 Å². The van der Waals surface area contributed by atoms with Crippen LogP contribution in [-0.2, 0) is 4.74 Å². The monoisotopic (exact) mass is 222 g/mol. The van der Waals surface area contributed by atoms with Crippen LogP contribution in [0.25, 0.3) is 0 Å². The molecule has 16 heavy (non-hydrogen) atoms. The number of aryl methyl sites for hydroxylation is 1. The third kappa shape index (κ3) is 2.97. The zero-order valence-electron chi connectivity index (χ0n) is 9.56. The molecule has 0 saturated carbocycles. The van der Waals surface area contributed by atoms with Gasteiger partial charge < -0.3 is 14.6 Å². The predicted octanol–water partition coefficient (Wildman–Crippen LogP) is 1.77.